The summed E-state index contributed by atoms with van der Waals surface area (Å²) in [5.41, 5.74) is 6.68. The molecule has 3 atom stereocenters. The van der Waals surface area contributed by atoms with E-state index in [1.54, 1.807) is 7.11 Å². The van der Waals surface area contributed by atoms with Gasteiger partial charge in [0.2, 0.25) is 0 Å². The number of hydrogen-bond donors (Lipinski definition) is 2. The summed E-state index contributed by atoms with van der Waals surface area (Å²) in [6.45, 7) is 3.67. The molecule has 2 fully saturated rings. The van der Waals surface area contributed by atoms with Crippen molar-refractivity contribution in [3.05, 3.63) is 34.9 Å². The van der Waals surface area contributed by atoms with E-state index in [1.807, 2.05) is 24.3 Å². The van der Waals surface area contributed by atoms with Gasteiger partial charge in [-0.3, -0.25) is 0 Å². The molecule has 0 amide bonds. The van der Waals surface area contributed by atoms with Crippen LogP contribution in [0.3, 0.4) is 0 Å². The second-order valence-electron chi connectivity index (χ2n) is 10.3. The third-order valence-corrected chi connectivity index (χ3v) is 8.06. The molecule has 4 nitrogen and oxygen atoms in total. The Morgan fingerprint density at radius 1 is 1.19 bits per heavy atom. The zero-order valence-corrected chi connectivity index (χ0v) is 20.9. The fraction of sp³-hybridized carbons (Fsp3) is 0.778. The van der Waals surface area contributed by atoms with Crippen LogP contribution in [0.15, 0.2) is 24.3 Å². The summed E-state index contributed by atoms with van der Waals surface area (Å²) in [6, 6.07) is 8.06. The first-order valence-electron chi connectivity index (χ1n) is 13.0. The van der Waals surface area contributed by atoms with Crippen molar-refractivity contribution in [2.24, 2.45) is 17.6 Å². The van der Waals surface area contributed by atoms with Crippen LogP contribution in [0, 0.1) is 11.8 Å². The number of rotatable bonds is 12. The van der Waals surface area contributed by atoms with E-state index in [4.69, 9.17) is 22.1 Å². The van der Waals surface area contributed by atoms with Crippen LogP contribution in [0.25, 0.3) is 0 Å². The van der Waals surface area contributed by atoms with Gasteiger partial charge in [-0.05, 0) is 75.1 Å². The number of nitrogens with zero attached hydrogens (tertiary/aromatic N) is 1. The number of methoxy groups -OCH3 is 1. The maximum Gasteiger partial charge on any atom is 0.0937 e. The summed E-state index contributed by atoms with van der Waals surface area (Å²) < 4.78 is 5.23. The molecule has 0 spiro atoms. The number of halogens is 1. The lowest BCUT2D eigenvalue weighted by atomic mass is 9.74. The van der Waals surface area contributed by atoms with Gasteiger partial charge in [0, 0.05) is 43.8 Å². The number of ether oxygens (including phenoxy) is 1. The van der Waals surface area contributed by atoms with Gasteiger partial charge in [-0.25, -0.2) is 0 Å². The highest BCUT2D eigenvalue weighted by Gasteiger charge is 2.40. The smallest absolute Gasteiger partial charge is 0.0937 e. The molecule has 5 heteroatoms. The topological polar surface area (TPSA) is 58.7 Å². The van der Waals surface area contributed by atoms with Gasteiger partial charge < -0.3 is 20.5 Å². The van der Waals surface area contributed by atoms with Crippen molar-refractivity contribution < 1.29 is 9.84 Å². The normalized spacial score (nSPS) is 23.7. The number of nitrogens with two attached hydrogens (primary N) is 1. The maximum atomic E-state index is 12.0. The molecular weight excluding hydrogens is 420 g/mol. The minimum Gasteiger partial charge on any atom is -0.385 e. The van der Waals surface area contributed by atoms with Crippen LogP contribution in [-0.2, 0) is 10.3 Å². The first-order chi connectivity index (χ1) is 15.5. The Hall–Kier alpha value is -0.650. The summed E-state index contributed by atoms with van der Waals surface area (Å²) in [4.78, 5) is 2.50. The molecule has 0 aromatic heterocycles. The zero-order valence-electron chi connectivity index (χ0n) is 20.1. The molecule has 182 valence electrons. The molecule has 1 saturated heterocycles. The molecule has 1 aromatic rings. The van der Waals surface area contributed by atoms with Crippen molar-refractivity contribution in [2.45, 2.75) is 88.7 Å². The van der Waals surface area contributed by atoms with Gasteiger partial charge in [-0.15, -0.1) is 0 Å². The Labute approximate surface area is 200 Å². The second-order valence-corrected chi connectivity index (χ2v) is 10.8. The highest BCUT2D eigenvalue weighted by molar-refractivity contribution is 6.30. The van der Waals surface area contributed by atoms with Crippen molar-refractivity contribution in [1.29, 1.82) is 0 Å². The van der Waals surface area contributed by atoms with Crippen LogP contribution in [0.4, 0.5) is 0 Å². The van der Waals surface area contributed by atoms with Crippen molar-refractivity contribution in [2.75, 3.05) is 33.4 Å². The van der Waals surface area contributed by atoms with Crippen LogP contribution in [0.1, 0.15) is 82.6 Å². The summed E-state index contributed by atoms with van der Waals surface area (Å²) in [5.74, 6) is 1.09. The molecule has 0 bridgehead atoms. The molecule has 32 heavy (non-hydrogen) atoms. The summed E-state index contributed by atoms with van der Waals surface area (Å²) in [5, 5.41) is 12.7. The molecule has 3 rings (SSSR count). The van der Waals surface area contributed by atoms with Crippen molar-refractivity contribution in [3.8, 4) is 0 Å². The molecule has 1 heterocycles. The van der Waals surface area contributed by atoms with Crippen LogP contribution < -0.4 is 5.73 Å². The van der Waals surface area contributed by atoms with E-state index in [9.17, 15) is 5.11 Å². The number of unbranched alkanes of at least 4 members (excludes halogenated alkanes) is 1. The fourth-order valence-corrected chi connectivity index (χ4v) is 6.13. The Balaban J connectivity index is 1.59. The number of piperidine rings is 1. The van der Waals surface area contributed by atoms with E-state index in [0.29, 0.717) is 5.02 Å². The molecular formula is C27H45ClN2O2. The van der Waals surface area contributed by atoms with Crippen molar-refractivity contribution in [1.82, 2.24) is 4.90 Å². The fourth-order valence-electron chi connectivity index (χ4n) is 5.94. The van der Waals surface area contributed by atoms with Gasteiger partial charge in [-0.2, -0.15) is 0 Å². The van der Waals surface area contributed by atoms with E-state index in [1.165, 1.54) is 38.5 Å². The Kier molecular flexibility index (Phi) is 10.8. The van der Waals surface area contributed by atoms with Crippen LogP contribution >= 0.6 is 11.6 Å². The zero-order chi connectivity index (χ0) is 22.8. The van der Waals surface area contributed by atoms with Gasteiger partial charge in [0.15, 0.2) is 0 Å². The van der Waals surface area contributed by atoms with Gasteiger partial charge >= 0.3 is 0 Å². The van der Waals surface area contributed by atoms with Gasteiger partial charge in [0.05, 0.1) is 5.60 Å². The van der Waals surface area contributed by atoms with E-state index < -0.39 is 5.60 Å². The second kappa shape index (κ2) is 13.3. The molecule has 0 unspecified atom stereocenters. The number of benzene rings is 1. The van der Waals surface area contributed by atoms with Crippen molar-refractivity contribution >= 4 is 11.6 Å². The third-order valence-electron chi connectivity index (χ3n) is 7.82. The minimum atomic E-state index is -0.858. The quantitative estimate of drug-likeness (QED) is 0.387. The van der Waals surface area contributed by atoms with E-state index in [0.717, 1.165) is 76.2 Å². The summed E-state index contributed by atoms with van der Waals surface area (Å²) in [7, 11) is 1.74. The summed E-state index contributed by atoms with van der Waals surface area (Å²) >= 11 is 6.31. The molecule has 3 N–H and O–H groups in total. The SMILES string of the molecule is COCCCC[C@@](O)(c1cccc(Cl)c1)[C@@H]1CCCN(C[C@@H](N)CCC2CCCCC2)C1. The van der Waals surface area contributed by atoms with Crippen LogP contribution in [-0.4, -0.2) is 49.4 Å². The predicted octanol–water partition coefficient (Wildman–Crippen LogP) is 5.74. The lowest BCUT2D eigenvalue weighted by molar-refractivity contribution is -0.0626. The third kappa shape index (κ3) is 7.70. The predicted molar refractivity (Wildman–Crippen MR) is 134 cm³/mol. The molecule has 1 aliphatic heterocycles. The average molecular weight is 465 g/mol. The first kappa shape index (κ1) is 26.0. The van der Waals surface area contributed by atoms with Crippen LogP contribution in [0.5, 0.6) is 0 Å². The number of hydrogen-bond acceptors (Lipinski definition) is 4. The average Bonchev–Trinajstić information content (AvgIpc) is 2.81. The first-order valence-corrected chi connectivity index (χ1v) is 13.3. The lowest BCUT2D eigenvalue weighted by Gasteiger charge is -2.43. The highest BCUT2D eigenvalue weighted by Crippen LogP contribution is 2.40. The van der Waals surface area contributed by atoms with E-state index in [-0.39, 0.29) is 12.0 Å². The molecule has 1 aromatic carbocycles. The van der Waals surface area contributed by atoms with Gasteiger partial charge in [0.25, 0.3) is 0 Å². The van der Waals surface area contributed by atoms with Crippen LogP contribution in [0.2, 0.25) is 5.02 Å². The molecule has 0 radical (unpaired) electrons. The number of aliphatic hydroxyl groups is 1. The Bertz CT molecular complexity index is 667. The minimum absolute atomic E-state index is 0.197. The lowest BCUT2D eigenvalue weighted by Crippen LogP contribution is -2.49. The van der Waals surface area contributed by atoms with Gasteiger partial charge in [-0.1, -0.05) is 55.8 Å². The monoisotopic (exact) mass is 464 g/mol. The molecule has 1 saturated carbocycles. The molecule has 2 aliphatic rings. The van der Waals surface area contributed by atoms with Crippen molar-refractivity contribution in [3.63, 3.8) is 0 Å². The van der Waals surface area contributed by atoms with E-state index >= 15 is 0 Å². The largest absolute Gasteiger partial charge is 0.385 e. The Morgan fingerprint density at radius 3 is 2.75 bits per heavy atom. The van der Waals surface area contributed by atoms with E-state index in [2.05, 4.69) is 4.90 Å². The molecule has 1 aliphatic carbocycles. The summed E-state index contributed by atoms with van der Waals surface area (Å²) in [6.07, 6.45) is 14.2. The maximum absolute atomic E-state index is 12.0. The Morgan fingerprint density at radius 2 is 2.00 bits per heavy atom. The number of likely N-dealkylation sites (tertiary alicyclic amines) is 1. The van der Waals surface area contributed by atoms with Gasteiger partial charge in [0.1, 0.15) is 0 Å². The standard InChI is InChI=1S/C27H45ClN2O2/c1-32-18-6-5-16-27(31,23-11-7-13-25(28)19-23)24-12-8-17-30(20-24)21-26(29)15-14-22-9-3-2-4-10-22/h7,11,13,19,22,24,26,31H,2-6,8-10,12,14-18,20-21,29H2,1H3/t24-,26+,27-/m1/s1. The highest BCUT2D eigenvalue weighted by atomic mass is 35.5.